The van der Waals surface area contributed by atoms with Crippen molar-refractivity contribution >= 4 is 15.9 Å². The number of carbonyl (C=O) groups is 1. The van der Waals surface area contributed by atoms with E-state index in [1.807, 2.05) is 6.92 Å². The van der Waals surface area contributed by atoms with Crippen LogP contribution in [0, 0.1) is 0 Å². The quantitative estimate of drug-likeness (QED) is 0.682. The molecular weight excluding hydrogens is 270 g/mol. The lowest BCUT2D eigenvalue weighted by Gasteiger charge is -2.27. The number of nitrogens with two attached hydrogens (primary N) is 1. The molecule has 1 heterocycles. The van der Waals surface area contributed by atoms with Crippen LogP contribution in [0.3, 0.4) is 0 Å². The second-order valence-corrected chi connectivity index (χ2v) is 6.30. The smallest absolute Gasteiger partial charge is 0.268 e. The predicted octanol–water partition coefficient (Wildman–Crippen LogP) is -0.437. The van der Waals surface area contributed by atoms with Gasteiger partial charge in [-0.15, -0.1) is 0 Å². The largest absolute Gasteiger partial charge is 0.394 e. The fourth-order valence-corrected chi connectivity index (χ4v) is 2.07. The van der Waals surface area contributed by atoms with E-state index in [9.17, 15) is 18.3 Å². The molecule has 0 aliphatic carbocycles. The number of rotatable bonds is 5. The van der Waals surface area contributed by atoms with Gasteiger partial charge in [-0.3, -0.25) is 4.79 Å². The summed E-state index contributed by atoms with van der Waals surface area (Å²) in [6, 6.07) is 1.21. The molecule has 0 radical (unpaired) electrons. The van der Waals surface area contributed by atoms with Crippen molar-refractivity contribution in [2.75, 3.05) is 6.61 Å². The van der Waals surface area contributed by atoms with E-state index in [1.54, 1.807) is 14.0 Å². The molecule has 1 amide bonds. The molecular formula is C11H19N3O4S. The first kappa shape index (κ1) is 15.7. The topological polar surface area (TPSA) is 114 Å². The van der Waals surface area contributed by atoms with E-state index in [-0.39, 0.29) is 17.2 Å². The van der Waals surface area contributed by atoms with Gasteiger partial charge in [-0.2, -0.15) is 0 Å². The molecule has 0 bridgehead atoms. The highest BCUT2D eigenvalue weighted by molar-refractivity contribution is 7.89. The zero-order valence-corrected chi connectivity index (χ0v) is 12.0. The Bertz CT molecular complexity index is 573. The Balaban J connectivity index is 3.05. The van der Waals surface area contributed by atoms with E-state index in [0.29, 0.717) is 6.42 Å². The number of amides is 1. The molecule has 1 aromatic rings. The third-order valence-electron chi connectivity index (χ3n) is 3.09. The van der Waals surface area contributed by atoms with Crippen LogP contribution in [0.5, 0.6) is 0 Å². The number of aliphatic hydroxyl groups excluding tert-OH is 1. The Hall–Kier alpha value is -1.38. The van der Waals surface area contributed by atoms with Crippen LogP contribution in [0.2, 0.25) is 0 Å². The van der Waals surface area contributed by atoms with E-state index in [1.165, 1.54) is 16.8 Å². The molecule has 1 unspecified atom stereocenters. The number of hydrogen-bond acceptors (Lipinski definition) is 4. The molecule has 1 rings (SSSR count). The summed E-state index contributed by atoms with van der Waals surface area (Å²) in [4.78, 5) is 11.9. The maximum atomic E-state index is 12.1. The fourth-order valence-electron chi connectivity index (χ4n) is 1.49. The molecule has 0 aliphatic heterocycles. The van der Waals surface area contributed by atoms with Crippen LogP contribution in [-0.4, -0.2) is 36.1 Å². The summed E-state index contributed by atoms with van der Waals surface area (Å²) in [5, 5.41) is 16.9. The zero-order chi connectivity index (χ0) is 14.8. The zero-order valence-electron chi connectivity index (χ0n) is 11.2. The Morgan fingerprint density at radius 1 is 1.58 bits per heavy atom. The fraction of sp³-hybridized carbons (Fsp3) is 0.545. The summed E-state index contributed by atoms with van der Waals surface area (Å²) >= 11 is 0. The van der Waals surface area contributed by atoms with Gasteiger partial charge in [0.05, 0.1) is 12.1 Å². The molecule has 19 heavy (non-hydrogen) atoms. The van der Waals surface area contributed by atoms with E-state index >= 15 is 0 Å². The molecule has 7 nitrogen and oxygen atoms in total. The Kier molecular flexibility index (Phi) is 4.39. The molecule has 8 heteroatoms. The van der Waals surface area contributed by atoms with Crippen LogP contribution in [0.25, 0.3) is 0 Å². The minimum Gasteiger partial charge on any atom is -0.394 e. The molecule has 1 atom stereocenters. The molecule has 0 fully saturated rings. The van der Waals surface area contributed by atoms with Crippen LogP contribution in [-0.2, 0) is 17.1 Å². The number of aromatic nitrogens is 1. The highest BCUT2D eigenvalue weighted by Gasteiger charge is 2.26. The van der Waals surface area contributed by atoms with Crippen molar-refractivity contribution in [2.45, 2.75) is 30.7 Å². The van der Waals surface area contributed by atoms with Crippen molar-refractivity contribution in [1.82, 2.24) is 9.88 Å². The lowest BCUT2D eigenvalue weighted by molar-refractivity contribution is 0.0839. The third kappa shape index (κ3) is 3.55. The molecule has 0 saturated carbocycles. The van der Waals surface area contributed by atoms with Gasteiger partial charge in [-0.05, 0) is 19.4 Å². The molecule has 0 aliphatic rings. The first-order valence-corrected chi connectivity index (χ1v) is 7.30. The number of aryl methyl sites for hydroxylation is 1. The SMILES string of the molecule is CCC(C)(CO)NC(=O)c1cc(S(N)(=O)=O)cn1C. The van der Waals surface area contributed by atoms with Gasteiger partial charge in [0.2, 0.25) is 10.0 Å². The number of aliphatic hydroxyl groups is 1. The highest BCUT2D eigenvalue weighted by Crippen LogP contribution is 2.14. The van der Waals surface area contributed by atoms with Crippen molar-refractivity contribution in [3.8, 4) is 0 Å². The number of sulfonamides is 1. The molecule has 108 valence electrons. The van der Waals surface area contributed by atoms with E-state index in [2.05, 4.69) is 5.32 Å². The summed E-state index contributed by atoms with van der Waals surface area (Å²) in [5.74, 6) is -0.462. The normalized spacial score (nSPS) is 15.0. The highest BCUT2D eigenvalue weighted by atomic mass is 32.2. The van der Waals surface area contributed by atoms with Crippen molar-refractivity contribution < 1.29 is 18.3 Å². The van der Waals surface area contributed by atoms with E-state index < -0.39 is 21.5 Å². The monoisotopic (exact) mass is 289 g/mol. The average Bonchev–Trinajstić information content (AvgIpc) is 2.71. The first-order chi connectivity index (χ1) is 8.63. The molecule has 0 aromatic carbocycles. The minimum atomic E-state index is -3.84. The lowest BCUT2D eigenvalue weighted by atomic mass is 10.0. The summed E-state index contributed by atoms with van der Waals surface area (Å²) in [6.07, 6.45) is 1.81. The molecule has 0 saturated heterocycles. The van der Waals surface area contributed by atoms with Gasteiger partial charge >= 0.3 is 0 Å². The van der Waals surface area contributed by atoms with Gasteiger partial charge in [-0.1, -0.05) is 6.92 Å². The molecule has 0 spiro atoms. The van der Waals surface area contributed by atoms with Crippen LogP contribution < -0.4 is 10.5 Å². The van der Waals surface area contributed by atoms with Crippen LogP contribution >= 0.6 is 0 Å². The molecule has 1 aromatic heterocycles. The lowest BCUT2D eigenvalue weighted by Crippen LogP contribution is -2.48. The number of hydrogen-bond donors (Lipinski definition) is 3. The van der Waals surface area contributed by atoms with Gasteiger partial charge in [-0.25, -0.2) is 13.6 Å². The van der Waals surface area contributed by atoms with Gasteiger partial charge in [0, 0.05) is 13.2 Å². The third-order valence-corrected chi connectivity index (χ3v) is 3.97. The van der Waals surface area contributed by atoms with Crippen LogP contribution in [0.4, 0.5) is 0 Å². The molecule has 4 N–H and O–H groups in total. The Morgan fingerprint density at radius 2 is 2.16 bits per heavy atom. The summed E-state index contributed by atoms with van der Waals surface area (Å²) in [5.41, 5.74) is -0.583. The van der Waals surface area contributed by atoms with Crippen LogP contribution in [0.15, 0.2) is 17.2 Å². The summed E-state index contributed by atoms with van der Waals surface area (Å²) < 4.78 is 23.8. The van der Waals surface area contributed by atoms with Crippen molar-refractivity contribution in [2.24, 2.45) is 12.2 Å². The van der Waals surface area contributed by atoms with Gasteiger partial charge < -0.3 is 15.0 Å². The number of nitrogens with one attached hydrogen (secondary N) is 1. The standard InChI is InChI=1S/C11H19N3O4S/c1-4-11(2,7-15)13-10(16)9-5-8(6-14(9)3)19(12,17)18/h5-6,15H,4,7H2,1-3H3,(H,13,16)(H2,12,17,18). The minimum absolute atomic E-state index is 0.123. The van der Waals surface area contributed by atoms with Crippen LogP contribution in [0.1, 0.15) is 30.8 Å². The first-order valence-electron chi connectivity index (χ1n) is 5.75. The van der Waals surface area contributed by atoms with Gasteiger partial charge in [0.25, 0.3) is 5.91 Å². The van der Waals surface area contributed by atoms with E-state index in [0.717, 1.165) is 0 Å². The van der Waals surface area contributed by atoms with Gasteiger partial charge in [0.1, 0.15) is 10.6 Å². The second-order valence-electron chi connectivity index (χ2n) is 4.74. The van der Waals surface area contributed by atoms with Crippen molar-refractivity contribution in [3.05, 3.63) is 18.0 Å². The maximum absolute atomic E-state index is 12.1. The second kappa shape index (κ2) is 5.32. The summed E-state index contributed by atoms with van der Waals surface area (Å²) in [7, 11) is -2.30. The van der Waals surface area contributed by atoms with Crippen molar-refractivity contribution in [1.29, 1.82) is 0 Å². The Morgan fingerprint density at radius 3 is 2.53 bits per heavy atom. The number of carbonyl (C=O) groups excluding carboxylic acids is 1. The Labute approximate surface area is 112 Å². The van der Waals surface area contributed by atoms with Crippen molar-refractivity contribution in [3.63, 3.8) is 0 Å². The predicted molar refractivity (Wildman–Crippen MR) is 70.0 cm³/mol. The summed E-state index contributed by atoms with van der Waals surface area (Å²) in [6.45, 7) is 3.33. The maximum Gasteiger partial charge on any atom is 0.268 e. The number of primary sulfonamides is 1. The average molecular weight is 289 g/mol. The van der Waals surface area contributed by atoms with E-state index in [4.69, 9.17) is 5.14 Å². The van der Waals surface area contributed by atoms with Gasteiger partial charge in [0.15, 0.2) is 0 Å². The number of nitrogens with zero attached hydrogens (tertiary/aromatic N) is 1.